The summed E-state index contributed by atoms with van der Waals surface area (Å²) < 4.78 is 4.99. The van der Waals surface area contributed by atoms with Gasteiger partial charge in [-0.25, -0.2) is 9.78 Å². The molecule has 5 heteroatoms. The molecule has 1 aromatic heterocycles. The van der Waals surface area contributed by atoms with Gasteiger partial charge >= 0.3 is 5.97 Å². The maximum absolute atomic E-state index is 10.3. The summed E-state index contributed by atoms with van der Waals surface area (Å²) in [5, 5.41) is 8.72. The van der Waals surface area contributed by atoms with Gasteiger partial charge < -0.3 is 9.84 Å². The van der Waals surface area contributed by atoms with Gasteiger partial charge in [-0.3, -0.25) is 0 Å². The molecule has 0 atom stereocenters. The molecule has 0 amide bonds. The van der Waals surface area contributed by atoms with Gasteiger partial charge in [-0.05, 0) is 6.08 Å². The lowest BCUT2D eigenvalue weighted by molar-refractivity contribution is -0.131. The molecule has 0 aliphatic carbocycles. The van der Waals surface area contributed by atoms with Crippen LogP contribution in [0.4, 0.5) is 0 Å². The van der Waals surface area contributed by atoms with Crippen molar-refractivity contribution in [3.8, 4) is 5.75 Å². The number of carboxylic acid groups (broad SMARTS) is 1. The average Bonchev–Trinajstić information content (AvgIpc) is 2.15. The van der Waals surface area contributed by atoms with Crippen LogP contribution in [0.2, 0.25) is 5.15 Å². The maximum atomic E-state index is 10.3. The zero-order valence-corrected chi connectivity index (χ0v) is 8.15. The standard InChI is InChI=1S/C9H8ClNO3/c1-14-7-4-8(10)11-5-6(7)2-3-9(12)13/h2-5H,1H3,(H,12,13)/b3-2+. The zero-order chi connectivity index (χ0) is 10.6. The second kappa shape index (κ2) is 4.62. The number of methoxy groups -OCH3 is 1. The molecule has 0 spiro atoms. The molecule has 0 radical (unpaired) electrons. The van der Waals surface area contributed by atoms with Gasteiger partial charge in [-0.15, -0.1) is 0 Å². The predicted octanol–water partition coefficient (Wildman–Crippen LogP) is 1.84. The summed E-state index contributed by atoms with van der Waals surface area (Å²) in [7, 11) is 1.48. The summed E-state index contributed by atoms with van der Waals surface area (Å²) in [5.74, 6) is -0.537. The van der Waals surface area contributed by atoms with Crippen molar-refractivity contribution in [3.63, 3.8) is 0 Å². The van der Waals surface area contributed by atoms with Gasteiger partial charge in [-0.2, -0.15) is 0 Å². The first kappa shape index (κ1) is 10.5. The van der Waals surface area contributed by atoms with Crippen molar-refractivity contribution in [2.75, 3.05) is 7.11 Å². The summed E-state index contributed by atoms with van der Waals surface area (Å²) in [6.07, 6.45) is 3.85. The number of aliphatic carboxylic acids is 1. The zero-order valence-electron chi connectivity index (χ0n) is 7.40. The van der Waals surface area contributed by atoms with Crippen LogP contribution in [0.5, 0.6) is 5.75 Å². The number of rotatable bonds is 3. The molecular weight excluding hydrogens is 206 g/mol. The number of carboxylic acids is 1. The van der Waals surface area contributed by atoms with Crippen LogP contribution in [0, 0.1) is 0 Å². The number of nitrogens with zero attached hydrogens (tertiary/aromatic N) is 1. The molecule has 1 heterocycles. The normalized spacial score (nSPS) is 10.4. The highest BCUT2D eigenvalue weighted by Crippen LogP contribution is 2.21. The lowest BCUT2D eigenvalue weighted by Crippen LogP contribution is -1.90. The summed E-state index contributed by atoms with van der Waals surface area (Å²) in [4.78, 5) is 14.1. The Hall–Kier alpha value is -1.55. The Balaban J connectivity index is 3.02. The molecule has 14 heavy (non-hydrogen) atoms. The SMILES string of the molecule is COc1cc(Cl)ncc1/C=C/C(=O)O. The molecular formula is C9H8ClNO3. The summed E-state index contributed by atoms with van der Waals surface area (Å²) in [6.45, 7) is 0. The van der Waals surface area contributed by atoms with Crippen molar-refractivity contribution in [2.24, 2.45) is 0 Å². The number of carbonyl (C=O) groups is 1. The molecule has 0 unspecified atom stereocenters. The molecule has 0 saturated carbocycles. The second-order valence-corrected chi connectivity index (χ2v) is 2.81. The predicted molar refractivity (Wildman–Crippen MR) is 52.5 cm³/mol. The number of hydrogen-bond acceptors (Lipinski definition) is 3. The topological polar surface area (TPSA) is 59.4 Å². The van der Waals surface area contributed by atoms with Crippen LogP contribution in [0.15, 0.2) is 18.3 Å². The van der Waals surface area contributed by atoms with Crippen molar-refractivity contribution < 1.29 is 14.6 Å². The lowest BCUT2D eigenvalue weighted by Gasteiger charge is -2.03. The van der Waals surface area contributed by atoms with E-state index >= 15 is 0 Å². The van der Waals surface area contributed by atoms with Gasteiger partial charge in [0.05, 0.1) is 7.11 Å². The van der Waals surface area contributed by atoms with Crippen LogP contribution >= 0.6 is 11.6 Å². The molecule has 74 valence electrons. The third kappa shape index (κ3) is 2.74. The summed E-state index contributed by atoms with van der Waals surface area (Å²) in [5.41, 5.74) is 0.569. The Labute approximate surface area is 85.8 Å². The average molecular weight is 214 g/mol. The first-order valence-electron chi connectivity index (χ1n) is 3.74. The van der Waals surface area contributed by atoms with Crippen LogP contribution in [-0.2, 0) is 4.79 Å². The minimum Gasteiger partial charge on any atom is -0.496 e. The Bertz CT molecular complexity index is 376. The number of ether oxygens (including phenoxy) is 1. The van der Waals surface area contributed by atoms with Gasteiger partial charge in [0.1, 0.15) is 10.9 Å². The minimum atomic E-state index is -1.03. The Morgan fingerprint density at radius 1 is 1.71 bits per heavy atom. The van der Waals surface area contributed by atoms with E-state index < -0.39 is 5.97 Å². The van der Waals surface area contributed by atoms with Gasteiger partial charge in [0.25, 0.3) is 0 Å². The van der Waals surface area contributed by atoms with Crippen molar-refractivity contribution >= 4 is 23.6 Å². The molecule has 4 nitrogen and oxygen atoms in total. The van der Waals surface area contributed by atoms with E-state index in [1.54, 1.807) is 0 Å². The van der Waals surface area contributed by atoms with E-state index in [4.69, 9.17) is 21.4 Å². The fourth-order valence-electron chi connectivity index (χ4n) is 0.887. The van der Waals surface area contributed by atoms with Gasteiger partial charge in [0.2, 0.25) is 0 Å². The van der Waals surface area contributed by atoms with Crippen molar-refractivity contribution in [1.29, 1.82) is 0 Å². The molecule has 1 rings (SSSR count). The van der Waals surface area contributed by atoms with E-state index in [0.717, 1.165) is 6.08 Å². The van der Waals surface area contributed by atoms with Crippen molar-refractivity contribution in [3.05, 3.63) is 29.1 Å². The number of pyridine rings is 1. The fraction of sp³-hybridized carbons (Fsp3) is 0.111. The molecule has 0 saturated heterocycles. The molecule has 0 aliphatic heterocycles. The first-order chi connectivity index (χ1) is 6.63. The fourth-order valence-corrected chi connectivity index (χ4v) is 1.03. The van der Waals surface area contributed by atoms with Crippen molar-refractivity contribution in [1.82, 2.24) is 4.98 Å². The third-order valence-corrected chi connectivity index (χ3v) is 1.69. The smallest absolute Gasteiger partial charge is 0.328 e. The van der Waals surface area contributed by atoms with Crippen LogP contribution in [0.25, 0.3) is 6.08 Å². The number of aromatic nitrogens is 1. The number of hydrogen-bond donors (Lipinski definition) is 1. The molecule has 1 aromatic rings. The quantitative estimate of drug-likeness (QED) is 0.615. The third-order valence-electron chi connectivity index (χ3n) is 1.49. The van der Waals surface area contributed by atoms with Crippen LogP contribution in [0.1, 0.15) is 5.56 Å². The van der Waals surface area contributed by atoms with Gasteiger partial charge in [-0.1, -0.05) is 11.6 Å². The lowest BCUT2D eigenvalue weighted by atomic mass is 10.2. The van der Waals surface area contributed by atoms with Gasteiger partial charge in [0.15, 0.2) is 0 Å². The first-order valence-corrected chi connectivity index (χ1v) is 4.12. The highest BCUT2D eigenvalue weighted by atomic mass is 35.5. The Morgan fingerprint density at radius 3 is 3.00 bits per heavy atom. The van der Waals surface area contributed by atoms with Crippen molar-refractivity contribution in [2.45, 2.75) is 0 Å². The summed E-state index contributed by atoms with van der Waals surface area (Å²) >= 11 is 5.63. The van der Waals surface area contributed by atoms with Crippen LogP contribution in [0.3, 0.4) is 0 Å². The Kier molecular flexibility index (Phi) is 3.48. The number of halogens is 1. The van der Waals surface area contributed by atoms with Crippen LogP contribution < -0.4 is 4.74 Å². The molecule has 0 bridgehead atoms. The van der Waals surface area contributed by atoms with E-state index in [9.17, 15) is 4.79 Å². The van der Waals surface area contributed by atoms with E-state index in [1.165, 1.54) is 25.4 Å². The van der Waals surface area contributed by atoms with E-state index in [1.807, 2.05) is 0 Å². The Morgan fingerprint density at radius 2 is 2.43 bits per heavy atom. The van der Waals surface area contributed by atoms with E-state index in [-0.39, 0.29) is 0 Å². The maximum Gasteiger partial charge on any atom is 0.328 e. The van der Waals surface area contributed by atoms with E-state index in [2.05, 4.69) is 4.98 Å². The second-order valence-electron chi connectivity index (χ2n) is 2.42. The summed E-state index contributed by atoms with van der Waals surface area (Å²) in [6, 6.07) is 1.52. The highest BCUT2D eigenvalue weighted by molar-refractivity contribution is 6.29. The van der Waals surface area contributed by atoms with Crippen LogP contribution in [-0.4, -0.2) is 23.2 Å². The molecule has 0 aliphatic rings. The molecule has 0 aromatic carbocycles. The van der Waals surface area contributed by atoms with E-state index in [0.29, 0.717) is 16.5 Å². The molecule has 1 N–H and O–H groups in total. The minimum absolute atomic E-state index is 0.300. The largest absolute Gasteiger partial charge is 0.496 e. The monoisotopic (exact) mass is 213 g/mol. The van der Waals surface area contributed by atoms with Gasteiger partial charge in [0, 0.05) is 23.9 Å². The molecule has 0 fully saturated rings. The highest BCUT2D eigenvalue weighted by Gasteiger charge is 2.01.